The third kappa shape index (κ3) is 4.76. The summed E-state index contributed by atoms with van der Waals surface area (Å²) in [7, 11) is -0.00136. The van der Waals surface area contributed by atoms with Gasteiger partial charge < -0.3 is 9.47 Å². The molecule has 0 bridgehead atoms. The van der Waals surface area contributed by atoms with Crippen LogP contribution in [0.1, 0.15) is 6.42 Å². The summed E-state index contributed by atoms with van der Waals surface area (Å²) in [5, 5.41) is 0. The lowest BCUT2D eigenvalue weighted by atomic mass is 10.1. The van der Waals surface area contributed by atoms with Crippen LogP contribution in [-0.4, -0.2) is 47.4 Å². The predicted octanol–water partition coefficient (Wildman–Crippen LogP) is 4.11. The van der Waals surface area contributed by atoms with Gasteiger partial charge in [0.1, 0.15) is 5.69 Å². The zero-order valence-corrected chi connectivity index (χ0v) is 18.2. The summed E-state index contributed by atoms with van der Waals surface area (Å²) in [5.41, 5.74) is 5.63. The van der Waals surface area contributed by atoms with E-state index in [9.17, 15) is 8.42 Å². The molecule has 0 fully saturated rings. The van der Waals surface area contributed by atoms with Gasteiger partial charge in [-0.05, 0) is 53.9 Å². The van der Waals surface area contributed by atoms with Crippen LogP contribution >= 0.6 is 0 Å². The van der Waals surface area contributed by atoms with Gasteiger partial charge in [-0.15, -0.1) is 0 Å². The highest BCUT2D eigenvalue weighted by Crippen LogP contribution is 2.28. The zero-order valence-electron chi connectivity index (χ0n) is 17.4. The highest BCUT2D eigenvalue weighted by molar-refractivity contribution is 7.85. The van der Waals surface area contributed by atoms with E-state index in [4.69, 9.17) is 9.54 Å². The summed E-state index contributed by atoms with van der Waals surface area (Å²) in [4.78, 5) is 11.3. The zero-order chi connectivity index (χ0) is 22.0. The molecule has 0 unspecified atom stereocenters. The Labute approximate surface area is 181 Å². The van der Waals surface area contributed by atoms with Gasteiger partial charge in [0.05, 0.1) is 16.8 Å². The number of anilines is 1. The summed E-state index contributed by atoms with van der Waals surface area (Å²) >= 11 is 0. The van der Waals surface area contributed by atoms with Gasteiger partial charge in [-0.3, -0.25) is 9.54 Å². The van der Waals surface area contributed by atoms with E-state index >= 15 is 0 Å². The Balaban J connectivity index is 1.73. The summed E-state index contributed by atoms with van der Waals surface area (Å²) in [6.07, 6.45) is 2.03. The van der Waals surface area contributed by atoms with Crippen LogP contribution in [0.5, 0.6) is 0 Å². The topological polar surface area (TPSA) is 88.3 Å². The summed E-state index contributed by atoms with van der Waals surface area (Å²) < 4.78 is 33.4. The molecule has 0 saturated heterocycles. The number of hydrogen-bond donors (Lipinski definition) is 1. The van der Waals surface area contributed by atoms with E-state index in [1.807, 2.05) is 55.1 Å². The Morgan fingerprint density at radius 1 is 1.00 bits per heavy atom. The number of hydrogen-bond acceptors (Lipinski definition) is 5. The molecule has 0 aliphatic carbocycles. The molecule has 160 valence electrons. The van der Waals surface area contributed by atoms with Crippen molar-refractivity contribution in [2.45, 2.75) is 13.0 Å². The number of imidazole rings is 1. The average Bonchev–Trinajstić information content (AvgIpc) is 3.12. The number of pyridine rings is 1. The molecule has 0 atom stereocenters. The number of aromatic nitrogens is 3. The lowest BCUT2D eigenvalue weighted by Gasteiger charge is -2.13. The molecule has 2 heterocycles. The predicted molar refractivity (Wildman–Crippen MR) is 124 cm³/mol. The molecule has 7 nitrogen and oxygen atoms in total. The van der Waals surface area contributed by atoms with Gasteiger partial charge in [0, 0.05) is 32.5 Å². The fourth-order valence-electron chi connectivity index (χ4n) is 3.59. The maximum absolute atomic E-state index is 11.2. The van der Waals surface area contributed by atoms with E-state index in [2.05, 4.69) is 34.1 Å². The molecule has 0 spiro atoms. The first kappa shape index (κ1) is 21.0. The highest BCUT2D eigenvalue weighted by Gasteiger charge is 2.15. The molecule has 0 radical (unpaired) electrons. The van der Waals surface area contributed by atoms with Crippen LogP contribution in [0.3, 0.4) is 0 Å². The van der Waals surface area contributed by atoms with Crippen molar-refractivity contribution < 1.29 is 13.0 Å². The minimum atomic E-state index is -4.01. The summed E-state index contributed by atoms with van der Waals surface area (Å²) in [5.74, 6) is 0.369. The van der Waals surface area contributed by atoms with Crippen LogP contribution in [0.2, 0.25) is 0 Å². The first-order chi connectivity index (χ1) is 14.8. The molecular formula is C23H24N4O3S. The second-order valence-electron chi connectivity index (χ2n) is 7.59. The second-order valence-corrected chi connectivity index (χ2v) is 9.16. The summed E-state index contributed by atoms with van der Waals surface area (Å²) in [6, 6.07) is 19.9. The fraction of sp³-hybridized carbons (Fsp3) is 0.217. The van der Waals surface area contributed by atoms with Gasteiger partial charge >= 0.3 is 0 Å². The van der Waals surface area contributed by atoms with Crippen molar-refractivity contribution in [2.75, 3.05) is 24.7 Å². The largest absolute Gasteiger partial charge is 0.378 e. The number of benzene rings is 2. The van der Waals surface area contributed by atoms with Crippen LogP contribution in [0.15, 0.2) is 66.9 Å². The van der Waals surface area contributed by atoms with Gasteiger partial charge in [-0.2, -0.15) is 8.42 Å². The summed E-state index contributed by atoms with van der Waals surface area (Å²) in [6.45, 7) is 0.402. The Kier molecular flexibility index (Phi) is 5.75. The van der Waals surface area contributed by atoms with Gasteiger partial charge in [0.15, 0.2) is 5.82 Å². The lowest BCUT2D eigenvalue weighted by molar-refractivity contribution is 0.478. The van der Waals surface area contributed by atoms with E-state index in [1.165, 1.54) is 0 Å². The van der Waals surface area contributed by atoms with Crippen molar-refractivity contribution in [1.82, 2.24) is 14.5 Å². The molecule has 0 aliphatic heterocycles. The minimum Gasteiger partial charge on any atom is -0.378 e. The Bertz CT molecular complexity index is 1310. The number of rotatable bonds is 7. The third-order valence-electron chi connectivity index (χ3n) is 5.14. The molecule has 31 heavy (non-hydrogen) atoms. The quantitative estimate of drug-likeness (QED) is 0.439. The fourth-order valence-corrected chi connectivity index (χ4v) is 4.08. The van der Waals surface area contributed by atoms with Crippen molar-refractivity contribution >= 4 is 26.8 Å². The third-order valence-corrected chi connectivity index (χ3v) is 5.95. The molecule has 1 N–H and O–H groups in total. The molecule has 2 aromatic carbocycles. The van der Waals surface area contributed by atoms with Crippen molar-refractivity contribution in [2.24, 2.45) is 0 Å². The molecule has 4 rings (SSSR count). The van der Waals surface area contributed by atoms with Crippen molar-refractivity contribution in [3.05, 3.63) is 66.9 Å². The Morgan fingerprint density at radius 3 is 2.45 bits per heavy atom. The molecule has 0 amide bonds. The Morgan fingerprint density at radius 2 is 1.74 bits per heavy atom. The number of fused-ring (bicyclic) bond motifs is 1. The van der Waals surface area contributed by atoms with Crippen LogP contribution < -0.4 is 4.90 Å². The number of aryl methyl sites for hydroxylation is 1. The molecular weight excluding hydrogens is 412 g/mol. The number of nitrogens with zero attached hydrogens (tertiary/aromatic N) is 4. The van der Waals surface area contributed by atoms with Crippen LogP contribution in [0.25, 0.3) is 33.7 Å². The monoisotopic (exact) mass is 436 g/mol. The van der Waals surface area contributed by atoms with E-state index in [-0.39, 0.29) is 12.2 Å². The van der Waals surface area contributed by atoms with Crippen LogP contribution in [0.4, 0.5) is 5.69 Å². The van der Waals surface area contributed by atoms with Crippen molar-refractivity contribution in [3.8, 4) is 22.6 Å². The first-order valence-electron chi connectivity index (χ1n) is 9.96. The van der Waals surface area contributed by atoms with Crippen LogP contribution in [0, 0.1) is 0 Å². The Hall–Kier alpha value is -3.23. The lowest BCUT2D eigenvalue weighted by Crippen LogP contribution is -2.09. The maximum Gasteiger partial charge on any atom is 0.264 e. The van der Waals surface area contributed by atoms with Crippen molar-refractivity contribution in [3.63, 3.8) is 0 Å². The average molecular weight is 437 g/mol. The smallest absolute Gasteiger partial charge is 0.264 e. The van der Waals surface area contributed by atoms with Gasteiger partial charge in [-0.25, -0.2) is 4.98 Å². The van der Waals surface area contributed by atoms with E-state index < -0.39 is 10.1 Å². The standard InChI is InChI=1S/C23H24N4O3S/c1-26(2)19-10-8-17(9-11-19)18-12-13-24-21(16-18)23-25-20-6-3-4-7-22(20)27(23)14-5-15-31(28,29)30/h3-4,6-13,16H,5,14-15H2,1-2H3,(H,28,29,30). The molecule has 2 aromatic heterocycles. The molecule has 0 saturated carbocycles. The van der Waals surface area contributed by atoms with E-state index in [1.54, 1.807) is 6.20 Å². The minimum absolute atomic E-state index is 0.276. The van der Waals surface area contributed by atoms with E-state index in [0.29, 0.717) is 18.1 Å². The molecule has 8 heteroatoms. The molecule has 0 aliphatic rings. The van der Waals surface area contributed by atoms with Crippen LogP contribution in [-0.2, 0) is 16.7 Å². The first-order valence-corrected chi connectivity index (χ1v) is 11.6. The number of para-hydroxylation sites is 2. The van der Waals surface area contributed by atoms with Gasteiger partial charge in [-0.1, -0.05) is 24.3 Å². The van der Waals surface area contributed by atoms with Gasteiger partial charge in [0.25, 0.3) is 10.1 Å². The molecule has 4 aromatic rings. The second kappa shape index (κ2) is 8.49. The maximum atomic E-state index is 11.2. The van der Waals surface area contributed by atoms with Gasteiger partial charge in [0.2, 0.25) is 0 Å². The van der Waals surface area contributed by atoms with Crippen molar-refractivity contribution in [1.29, 1.82) is 0 Å². The normalized spacial score (nSPS) is 11.7. The van der Waals surface area contributed by atoms with E-state index in [0.717, 1.165) is 27.8 Å². The SMILES string of the molecule is CN(C)c1ccc(-c2ccnc(-c3nc4ccccc4n3CCCS(=O)(=O)O)c2)cc1. The highest BCUT2D eigenvalue weighted by atomic mass is 32.2.